The second kappa shape index (κ2) is 5.31. The number of rotatable bonds is 5. The van der Waals surface area contributed by atoms with Gasteiger partial charge in [0, 0.05) is 6.07 Å². The van der Waals surface area contributed by atoms with Crippen LogP contribution in [0.1, 0.15) is 42.4 Å². The largest absolute Gasteiger partial charge is 0.476 e. The van der Waals surface area contributed by atoms with Gasteiger partial charge in [0.2, 0.25) is 0 Å². The van der Waals surface area contributed by atoms with Crippen molar-refractivity contribution in [1.29, 1.82) is 0 Å². The van der Waals surface area contributed by atoms with Crippen molar-refractivity contribution >= 4 is 5.97 Å². The molecule has 1 aromatic rings. The third-order valence-corrected chi connectivity index (χ3v) is 3.31. The number of carboxylic acid groups (broad SMARTS) is 1. The summed E-state index contributed by atoms with van der Waals surface area (Å²) in [7, 11) is 0. The zero-order chi connectivity index (χ0) is 12.3. The molecule has 17 heavy (non-hydrogen) atoms. The highest BCUT2D eigenvalue weighted by molar-refractivity contribution is 5.85. The summed E-state index contributed by atoms with van der Waals surface area (Å²) in [4.78, 5) is 10.6. The minimum absolute atomic E-state index is 0.0312. The van der Waals surface area contributed by atoms with E-state index in [2.05, 4.69) is 17.4 Å². The first kappa shape index (κ1) is 12.1. The Bertz CT molecular complexity index is 389. The predicted molar refractivity (Wildman–Crippen MR) is 61.7 cm³/mol. The van der Waals surface area contributed by atoms with E-state index in [1.54, 1.807) is 0 Å². The van der Waals surface area contributed by atoms with Gasteiger partial charge in [-0.05, 0) is 31.2 Å². The molecule has 1 aliphatic carbocycles. The maximum atomic E-state index is 10.6. The molecule has 1 saturated carbocycles. The quantitative estimate of drug-likeness (QED) is 0.819. The highest BCUT2D eigenvalue weighted by Crippen LogP contribution is 2.29. The minimum Gasteiger partial charge on any atom is -0.476 e. The topological polar surface area (TPSA) is 75.4 Å². The molecule has 5 heteroatoms. The SMILES string of the molecule is CC1CCC(CNCc2cc(C(=O)O)no2)C1. The fourth-order valence-corrected chi connectivity index (χ4v) is 2.41. The summed E-state index contributed by atoms with van der Waals surface area (Å²) in [6.07, 6.45) is 3.88. The van der Waals surface area contributed by atoms with Crippen molar-refractivity contribution < 1.29 is 14.4 Å². The summed E-state index contributed by atoms with van der Waals surface area (Å²) in [5.41, 5.74) is -0.0312. The molecule has 2 N–H and O–H groups in total. The van der Waals surface area contributed by atoms with E-state index in [-0.39, 0.29) is 5.69 Å². The average Bonchev–Trinajstić information content (AvgIpc) is 2.88. The summed E-state index contributed by atoms with van der Waals surface area (Å²) in [6, 6.07) is 1.46. The Morgan fingerprint density at radius 2 is 2.47 bits per heavy atom. The van der Waals surface area contributed by atoms with Crippen molar-refractivity contribution in [3.63, 3.8) is 0 Å². The Balaban J connectivity index is 1.72. The second-order valence-corrected chi connectivity index (χ2v) is 4.90. The van der Waals surface area contributed by atoms with Crippen molar-refractivity contribution in [2.45, 2.75) is 32.7 Å². The molecule has 94 valence electrons. The Morgan fingerprint density at radius 3 is 3.06 bits per heavy atom. The lowest BCUT2D eigenvalue weighted by Gasteiger charge is -2.09. The first-order chi connectivity index (χ1) is 8.15. The normalized spacial score (nSPS) is 24.1. The van der Waals surface area contributed by atoms with Crippen LogP contribution in [0.25, 0.3) is 0 Å². The molecule has 2 atom stereocenters. The average molecular weight is 238 g/mol. The Morgan fingerprint density at radius 1 is 1.65 bits per heavy atom. The van der Waals surface area contributed by atoms with Crippen LogP contribution in [0.15, 0.2) is 10.6 Å². The smallest absolute Gasteiger partial charge is 0.358 e. The molecule has 0 bridgehead atoms. The van der Waals surface area contributed by atoms with E-state index in [9.17, 15) is 4.79 Å². The third-order valence-electron chi connectivity index (χ3n) is 3.31. The Labute approximate surface area is 100 Å². The maximum absolute atomic E-state index is 10.6. The molecule has 1 aliphatic rings. The van der Waals surface area contributed by atoms with Gasteiger partial charge in [0.05, 0.1) is 6.54 Å². The van der Waals surface area contributed by atoms with Gasteiger partial charge in [-0.15, -0.1) is 0 Å². The van der Waals surface area contributed by atoms with Gasteiger partial charge in [0.15, 0.2) is 11.5 Å². The molecule has 5 nitrogen and oxygen atoms in total. The molecule has 2 unspecified atom stereocenters. The number of nitrogens with one attached hydrogen (secondary N) is 1. The molecule has 0 saturated heterocycles. The Hall–Kier alpha value is -1.36. The number of aromatic carboxylic acids is 1. The third kappa shape index (κ3) is 3.30. The van der Waals surface area contributed by atoms with Crippen LogP contribution in [0.5, 0.6) is 0 Å². The molecular weight excluding hydrogens is 220 g/mol. The van der Waals surface area contributed by atoms with Crippen LogP contribution in [0, 0.1) is 11.8 Å². The number of carboxylic acids is 1. The zero-order valence-electron chi connectivity index (χ0n) is 9.98. The standard InChI is InChI=1S/C12H18N2O3/c1-8-2-3-9(4-8)6-13-7-10-5-11(12(15)16)14-17-10/h5,8-9,13H,2-4,6-7H2,1H3,(H,15,16). The Kier molecular flexibility index (Phi) is 3.78. The van der Waals surface area contributed by atoms with Crippen LogP contribution in [0.3, 0.4) is 0 Å². The number of nitrogens with zero attached hydrogens (tertiary/aromatic N) is 1. The van der Waals surface area contributed by atoms with Crippen LogP contribution < -0.4 is 5.32 Å². The van der Waals surface area contributed by atoms with Gasteiger partial charge >= 0.3 is 5.97 Å². The van der Waals surface area contributed by atoms with Crippen molar-refractivity contribution in [2.24, 2.45) is 11.8 Å². The second-order valence-electron chi connectivity index (χ2n) is 4.90. The lowest BCUT2D eigenvalue weighted by atomic mass is 10.1. The van der Waals surface area contributed by atoms with Gasteiger partial charge in [-0.3, -0.25) is 0 Å². The van der Waals surface area contributed by atoms with Gasteiger partial charge in [-0.1, -0.05) is 18.5 Å². The molecule has 1 fully saturated rings. The zero-order valence-corrected chi connectivity index (χ0v) is 9.98. The fraction of sp³-hybridized carbons (Fsp3) is 0.667. The van der Waals surface area contributed by atoms with Gasteiger partial charge in [0.1, 0.15) is 0 Å². The number of carbonyl (C=O) groups is 1. The van der Waals surface area contributed by atoms with E-state index in [0.29, 0.717) is 12.3 Å². The van der Waals surface area contributed by atoms with Crippen LogP contribution in [0.4, 0.5) is 0 Å². The number of hydrogen-bond donors (Lipinski definition) is 2. The summed E-state index contributed by atoms with van der Waals surface area (Å²) in [5.74, 6) is 1.11. The number of hydrogen-bond acceptors (Lipinski definition) is 4. The summed E-state index contributed by atoms with van der Waals surface area (Å²) < 4.78 is 4.92. The molecule has 0 amide bonds. The molecule has 0 aliphatic heterocycles. The van der Waals surface area contributed by atoms with Crippen molar-refractivity contribution in [3.8, 4) is 0 Å². The molecule has 1 aromatic heterocycles. The minimum atomic E-state index is -1.05. The maximum Gasteiger partial charge on any atom is 0.358 e. The lowest BCUT2D eigenvalue weighted by molar-refractivity contribution is 0.0685. The van der Waals surface area contributed by atoms with E-state index in [0.717, 1.165) is 18.4 Å². The number of aromatic nitrogens is 1. The van der Waals surface area contributed by atoms with Gasteiger partial charge in [-0.25, -0.2) is 4.79 Å². The lowest BCUT2D eigenvalue weighted by Crippen LogP contribution is -2.20. The predicted octanol–water partition coefficient (Wildman–Crippen LogP) is 1.90. The van der Waals surface area contributed by atoms with E-state index < -0.39 is 5.97 Å². The van der Waals surface area contributed by atoms with Crippen molar-refractivity contribution in [2.75, 3.05) is 6.54 Å². The molecule has 0 radical (unpaired) electrons. The first-order valence-electron chi connectivity index (χ1n) is 6.04. The summed E-state index contributed by atoms with van der Waals surface area (Å²) in [5, 5.41) is 15.4. The monoisotopic (exact) mass is 238 g/mol. The van der Waals surface area contributed by atoms with Crippen molar-refractivity contribution in [3.05, 3.63) is 17.5 Å². The molecular formula is C12H18N2O3. The van der Waals surface area contributed by atoms with Gasteiger partial charge < -0.3 is 14.9 Å². The molecule has 0 spiro atoms. The van der Waals surface area contributed by atoms with Crippen LogP contribution >= 0.6 is 0 Å². The highest BCUT2D eigenvalue weighted by Gasteiger charge is 2.20. The fourth-order valence-electron chi connectivity index (χ4n) is 2.41. The van der Waals surface area contributed by atoms with Gasteiger partial charge in [0.25, 0.3) is 0 Å². The summed E-state index contributed by atoms with van der Waals surface area (Å²) >= 11 is 0. The molecule has 2 rings (SSSR count). The van der Waals surface area contributed by atoms with Crippen LogP contribution in [0.2, 0.25) is 0 Å². The van der Waals surface area contributed by atoms with E-state index in [1.807, 2.05) is 0 Å². The van der Waals surface area contributed by atoms with Crippen LogP contribution in [-0.2, 0) is 6.54 Å². The molecule has 0 aromatic carbocycles. The van der Waals surface area contributed by atoms with E-state index >= 15 is 0 Å². The highest BCUT2D eigenvalue weighted by atomic mass is 16.5. The van der Waals surface area contributed by atoms with Gasteiger partial charge in [-0.2, -0.15) is 0 Å². The van der Waals surface area contributed by atoms with E-state index in [1.165, 1.54) is 25.3 Å². The first-order valence-corrected chi connectivity index (χ1v) is 6.04. The molecule has 1 heterocycles. The van der Waals surface area contributed by atoms with Crippen molar-refractivity contribution in [1.82, 2.24) is 10.5 Å². The summed E-state index contributed by atoms with van der Waals surface area (Å²) in [6.45, 7) is 3.80. The van der Waals surface area contributed by atoms with E-state index in [4.69, 9.17) is 9.63 Å². The van der Waals surface area contributed by atoms with Crippen LogP contribution in [-0.4, -0.2) is 22.8 Å².